The molecule has 2 fully saturated rings. The number of piperidine rings is 1. The minimum atomic E-state index is -0.391. The maximum absolute atomic E-state index is 13.6. The number of hydrogen-bond acceptors (Lipinski definition) is 3. The van der Waals surface area contributed by atoms with E-state index in [9.17, 15) is 18.8 Å². The molecule has 162 valence electrons. The molecule has 3 heterocycles. The fourth-order valence-corrected chi connectivity index (χ4v) is 5.47. The Kier molecular flexibility index (Phi) is 4.91. The number of aromatic nitrogens is 1. The lowest BCUT2D eigenvalue weighted by Gasteiger charge is -2.34. The van der Waals surface area contributed by atoms with Crippen LogP contribution in [-0.4, -0.2) is 45.8 Å². The zero-order valence-corrected chi connectivity index (χ0v) is 17.6. The van der Waals surface area contributed by atoms with E-state index in [1.54, 1.807) is 11.1 Å². The molecule has 0 N–H and O–H groups in total. The highest BCUT2D eigenvalue weighted by atomic mass is 19.1. The van der Waals surface area contributed by atoms with Gasteiger partial charge in [-0.25, -0.2) is 4.39 Å². The highest BCUT2D eigenvalue weighted by molar-refractivity contribution is 5.96. The van der Waals surface area contributed by atoms with Gasteiger partial charge in [-0.05, 0) is 72.9 Å². The van der Waals surface area contributed by atoms with Gasteiger partial charge in [-0.15, -0.1) is 0 Å². The maximum atomic E-state index is 13.6. The minimum absolute atomic E-state index is 0.0364. The number of hydrogen-bond donors (Lipinski definition) is 0. The van der Waals surface area contributed by atoms with Crippen molar-refractivity contribution >= 4 is 11.8 Å². The number of pyridine rings is 1. The molecule has 0 radical (unpaired) electrons. The summed E-state index contributed by atoms with van der Waals surface area (Å²) in [6, 6.07) is 5.66. The Morgan fingerprint density at radius 3 is 2.35 bits per heavy atom. The van der Waals surface area contributed by atoms with Gasteiger partial charge in [0.15, 0.2) is 0 Å². The Hall–Kier alpha value is -2.96. The Balaban J connectivity index is 1.62. The molecule has 2 aliphatic heterocycles. The molecule has 1 aromatic carbocycles. The summed E-state index contributed by atoms with van der Waals surface area (Å²) in [6.07, 6.45) is 5.65. The number of amides is 2. The summed E-state index contributed by atoms with van der Waals surface area (Å²) in [5.74, 6) is 0.415. The predicted octanol–water partition coefficient (Wildman–Crippen LogP) is 2.75. The first kappa shape index (κ1) is 20.0. The van der Waals surface area contributed by atoms with Crippen LogP contribution in [0.2, 0.25) is 0 Å². The van der Waals surface area contributed by atoms with E-state index in [2.05, 4.69) is 0 Å². The van der Waals surface area contributed by atoms with E-state index in [0.29, 0.717) is 50.1 Å². The highest BCUT2D eigenvalue weighted by Gasteiger charge is 2.37. The number of likely N-dealkylation sites (tertiary alicyclic amines) is 1. The van der Waals surface area contributed by atoms with Gasteiger partial charge in [0.2, 0.25) is 5.91 Å². The van der Waals surface area contributed by atoms with E-state index in [1.807, 2.05) is 4.90 Å². The molecular weight excluding hydrogens is 397 g/mol. The second-order valence-electron chi connectivity index (χ2n) is 9.11. The van der Waals surface area contributed by atoms with Crippen LogP contribution < -0.4 is 5.56 Å². The molecule has 1 aromatic heterocycles. The van der Waals surface area contributed by atoms with Crippen molar-refractivity contribution in [3.63, 3.8) is 0 Å². The Morgan fingerprint density at radius 1 is 1.03 bits per heavy atom. The van der Waals surface area contributed by atoms with Crippen LogP contribution in [0.4, 0.5) is 4.39 Å². The van der Waals surface area contributed by atoms with Crippen molar-refractivity contribution in [1.82, 2.24) is 14.4 Å². The average molecular weight is 423 g/mol. The molecule has 31 heavy (non-hydrogen) atoms. The van der Waals surface area contributed by atoms with Crippen molar-refractivity contribution < 1.29 is 14.0 Å². The standard InChI is InChI=1S/C24H26FN3O3/c1-15(29)26-9-8-21-18(13-26)14-28(20-6-4-19(25)5-7-20)24(31)22(21)23(30)27-11-16-2-3-17(10-16)12-27/h4-7,14,16-17H,2-3,8-13H2,1H3/t16-,17+. The minimum Gasteiger partial charge on any atom is -0.338 e. The zero-order valence-electron chi connectivity index (χ0n) is 17.6. The summed E-state index contributed by atoms with van der Waals surface area (Å²) in [7, 11) is 0. The van der Waals surface area contributed by atoms with Crippen molar-refractivity contribution in [3.8, 4) is 5.69 Å². The van der Waals surface area contributed by atoms with Crippen LogP contribution in [0.25, 0.3) is 5.69 Å². The third kappa shape index (κ3) is 3.56. The van der Waals surface area contributed by atoms with E-state index in [-0.39, 0.29) is 22.9 Å². The van der Waals surface area contributed by atoms with Crippen LogP contribution in [0.5, 0.6) is 0 Å². The summed E-state index contributed by atoms with van der Waals surface area (Å²) in [5.41, 5.74) is 1.90. The topological polar surface area (TPSA) is 62.6 Å². The summed E-state index contributed by atoms with van der Waals surface area (Å²) in [6.45, 7) is 3.78. The summed E-state index contributed by atoms with van der Waals surface area (Å²) in [4.78, 5) is 42.7. The molecule has 2 aromatic rings. The van der Waals surface area contributed by atoms with Gasteiger partial charge in [0.1, 0.15) is 11.4 Å². The Labute approximate surface area is 180 Å². The van der Waals surface area contributed by atoms with Gasteiger partial charge in [-0.2, -0.15) is 0 Å². The number of fused-ring (bicyclic) bond motifs is 3. The van der Waals surface area contributed by atoms with Gasteiger partial charge in [-0.3, -0.25) is 19.0 Å². The molecule has 5 rings (SSSR count). The van der Waals surface area contributed by atoms with Crippen molar-refractivity contribution in [1.29, 1.82) is 0 Å². The van der Waals surface area contributed by atoms with E-state index in [0.717, 1.165) is 24.0 Å². The molecule has 2 atom stereocenters. The second kappa shape index (κ2) is 7.62. The van der Waals surface area contributed by atoms with Crippen molar-refractivity contribution in [2.75, 3.05) is 19.6 Å². The first-order valence-electron chi connectivity index (χ1n) is 11.0. The molecule has 0 spiro atoms. The van der Waals surface area contributed by atoms with Gasteiger partial charge >= 0.3 is 0 Å². The van der Waals surface area contributed by atoms with Crippen molar-refractivity contribution in [3.05, 3.63) is 63.3 Å². The van der Waals surface area contributed by atoms with Crippen LogP contribution in [0.3, 0.4) is 0 Å². The van der Waals surface area contributed by atoms with Gasteiger partial charge in [0, 0.05) is 45.0 Å². The lowest BCUT2D eigenvalue weighted by Crippen LogP contribution is -2.45. The maximum Gasteiger partial charge on any atom is 0.268 e. The molecule has 6 nitrogen and oxygen atoms in total. The van der Waals surface area contributed by atoms with E-state index in [1.165, 1.54) is 42.2 Å². The van der Waals surface area contributed by atoms with E-state index < -0.39 is 5.82 Å². The van der Waals surface area contributed by atoms with Crippen LogP contribution >= 0.6 is 0 Å². The van der Waals surface area contributed by atoms with Crippen LogP contribution in [0, 0.1) is 17.7 Å². The van der Waals surface area contributed by atoms with Crippen LogP contribution in [0.1, 0.15) is 47.7 Å². The molecule has 7 heteroatoms. The van der Waals surface area contributed by atoms with E-state index in [4.69, 9.17) is 0 Å². The van der Waals surface area contributed by atoms with Gasteiger partial charge in [-0.1, -0.05) is 0 Å². The Bertz CT molecular complexity index is 1100. The summed E-state index contributed by atoms with van der Waals surface area (Å²) in [5, 5.41) is 0. The molecule has 0 unspecified atom stereocenters. The number of halogens is 1. The third-order valence-electron chi connectivity index (χ3n) is 7.06. The molecule has 1 aliphatic carbocycles. The third-order valence-corrected chi connectivity index (χ3v) is 7.06. The average Bonchev–Trinajstić information content (AvgIpc) is 3.10. The van der Waals surface area contributed by atoms with Crippen LogP contribution in [-0.2, 0) is 17.8 Å². The van der Waals surface area contributed by atoms with Crippen LogP contribution in [0.15, 0.2) is 35.3 Å². The first-order valence-corrected chi connectivity index (χ1v) is 11.0. The number of rotatable bonds is 2. The SMILES string of the molecule is CC(=O)N1CCc2c(cn(-c3ccc(F)cc3)c(=O)c2C(=O)N2C[C@@H]3CC[C@@H](C3)C2)C1. The fraction of sp³-hybridized carbons (Fsp3) is 0.458. The lowest BCUT2D eigenvalue weighted by atomic mass is 9.93. The molecule has 1 saturated heterocycles. The van der Waals surface area contributed by atoms with Crippen molar-refractivity contribution in [2.24, 2.45) is 11.8 Å². The first-order chi connectivity index (χ1) is 14.9. The van der Waals surface area contributed by atoms with E-state index >= 15 is 0 Å². The Morgan fingerprint density at radius 2 is 1.71 bits per heavy atom. The largest absolute Gasteiger partial charge is 0.338 e. The molecule has 3 aliphatic rings. The quantitative estimate of drug-likeness (QED) is 0.746. The number of nitrogens with zero attached hydrogens (tertiary/aromatic N) is 3. The smallest absolute Gasteiger partial charge is 0.268 e. The molecular formula is C24H26FN3O3. The number of carbonyl (C=O) groups excluding carboxylic acids is 2. The zero-order chi connectivity index (χ0) is 21.7. The molecule has 2 amide bonds. The van der Waals surface area contributed by atoms with Gasteiger partial charge < -0.3 is 9.80 Å². The number of carbonyl (C=O) groups is 2. The monoisotopic (exact) mass is 423 g/mol. The highest BCUT2D eigenvalue weighted by Crippen LogP contribution is 2.37. The second-order valence-corrected chi connectivity index (χ2v) is 9.11. The normalized spacial score (nSPS) is 22.4. The number of benzene rings is 1. The predicted molar refractivity (Wildman–Crippen MR) is 114 cm³/mol. The summed E-state index contributed by atoms with van der Waals surface area (Å²) >= 11 is 0. The molecule has 2 bridgehead atoms. The molecule has 1 saturated carbocycles. The van der Waals surface area contributed by atoms with Crippen molar-refractivity contribution in [2.45, 2.75) is 39.2 Å². The van der Waals surface area contributed by atoms with Gasteiger partial charge in [0.25, 0.3) is 11.5 Å². The van der Waals surface area contributed by atoms with Gasteiger partial charge in [0.05, 0.1) is 0 Å². The fourth-order valence-electron chi connectivity index (χ4n) is 5.47. The lowest BCUT2D eigenvalue weighted by molar-refractivity contribution is -0.129. The summed E-state index contributed by atoms with van der Waals surface area (Å²) < 4.78 is 14.9.